The van der Waals surface area contributed by atoms with Gasteiger partial charge in [0.15, 0.2) is 0 Å². The van der Waals surface area contributed by atoms with Crippen LogP contribution in [0.5, 0.6) is 0 Å². The van der Waals surface area contributed by atoms with Crippen LogP contribution in [0.3, 0.4) is 0 Å². The van der Waals surface area contributed by atoms with Crippen LogP contribution in [-0.4, -0.2) is 64.1 Å². The average Bonchev–Trinajstić information content (AvgIpc) is 2.86. The van der Waals surface area contributed by atoms with Gasteiger partial charge in [0.2, 0.25) is 0 Å². The summed E-state index contributed by atoms with van der Waals surface area (Å²) < 4.78 is 2.56. The molecular formula is C18H26N4S. The van der Waals surface area contributed by atoms with Crippen molar-refractivity contribution in [2.24, 2.45) is 0 Å². The van der Waals surface area contributed by atoms with Gasteiger partial charge in [-0.2, -0.15) is 11.8 Å². The number of aryl methyl sites for hydroxylation is 1. The van der Waals surface area contributed by atoms with Gasteiger partial charge < -0.3 is 9.47 Å². The quantitative estimate of drug-likeness (QED) is 0.862. The van der Waals surface area contributed by atoms with Crippen molar-refractivity contribution in [3.8, 4) is 0 Å². The number of likely N-dealkylation sites (N-methyl/N-ethyl adjacent to an activating group) is 1. The minimum Gasteiger partial charge on any atom is -0.342 e. The molecule has 5 heteroatoms. The summed E-state index contributed by atoms with van der Waals surface area (Å²) in [4.78, 5) is 9.62. The van der Waals surface area contributed by atoms with Crippen molar-refractivity contribution in [3.05, 3.63) is 29.2 Å². The predicted molar refractivity (Wildman–Crippen MR) is 98.3 cm³/mol. The Balaban J connectivity index is 1.67. The summed E-state index contributed by atoms with van der Waals surface area (Å²) in [6, 6.07) is 2.28. The first-order valence-electron chi connectivity index (χ1n) is 8.67. The highest BCUT2D eigenvalue weighted by Gasteiger charge is 2.23. The molecule has 23 heavy (non-hydrogen) atoms. The van der Waals surface area contributed by atoms with Gasteiger partial charge in [-0.15, -0.1) is 0 Å². The van der Waals surface area contributed by atoms with Crippen molar-refractivity contribution in [1.82, 2.24) is 19.4 Å². The Labute approximate surface area is 142 Å². The molecule has 4 nitrogen and oxygen atoms in total. The van der Waals surface area contributed by atoms with E-state index < -0.39 is 0 Å². The van der Waals surface area contributed by atoms with E-state index in [1.54, 1.807) is 5.69 Å². The second-order valence-corrected chi connectivity index (χ2v) is 8.09. The Morgan fingerprint density at radius 1 is 1.17 bits per heavy atom. The second-order valence-electron chi connectivity index (χ2n) is 6.86. The van der Waals surface area contributed by atoms with Gasteiger partial charge in [0.1, 0.15) is 0 Å². The Morgan fingerprint density at radius 2 is 2.00 bits per heavy atom. The molecule has 0 saturated carbocycles. The summed E-state index contributed by atoms with van der Waals surface area (Å²) in [7, 11) is 2.23. The Kier molecular flexibility index (Phi) is 4.35. The van der Waals surface area contributed by atoms with Crippen molar-refractivity contribution in [2.75, 3.05) is 44.7 Å². The highest BCUT2D eigenvalue weighted by molar-refractivity contribution is 7.99. The molecule has 2 aromatic heterocycles. The molecule has 2 aliphatic heterocycles. The zero-order valence-corrected chi connectivity index (χ0v) is 15.0. The number of fused-ring (bicyclic) bond motifs is 3. The lowest BCUT2D eigenvalue weighted by molar-refractivity contribution is 0.283. The number of pyridine rings is 1. The Morgan fingerprint density at radius 3 is 2.83 bits per heavy atom. The van der Waals surface area contributed by atoms with Crippen molar-refractivity contribution < 1.29 is 0 Å². The number of aromatic nitrogens is 2. The third-order valence-electron chi connectivity index (χ3n) is 5.21. The van der Waals surface area contributed by atoms with Gasteiger partial charge in [-0.3, -0.25) is 9.88 Å². The molecule has 2 aromatic rings. The lowest BCUT2D eigenvalue weighted by Gasteiger charge is -2.28. The minimum absolute atomic E-state index is 1.07. The molecule has 0 unspecified atom stereocenters. The highest BCUT2D eigenvalue weighted by Crippen LogP contribution is 2.30. The van der Waals surface area contributed by atoms with Gasteiger partial charge in [-0.05, 0) is 25.6 Å². The Hall–Kier alpha value is -1.04. The van der Waals surface area contributed by atoms with E-state index in [1.165, 1.54) is 47.6 Å². The molecule has 4 rings (SSSR count). The minimum atomic E-state index is 1.07. The zero-order chi connectivity index (χ0) is 15.8. The summed E-state index contributed by atoms with van der Waals surface area (Å²) in [5.41, 5.74) is 5.55. The predicted octanol–water partition coefficient (Wildman–Crippen LogP) is 2.38. The first kappa shape index (κ1) is 15.5. The van der Waals surface area contributed by atoms with Crippen LogP contribution in [0.2, 0.25) is 0 Å². The lowest BCUT2D eigenvalue weighted by Crippen LogP contribution is -2.35. The molecule has 0 aromatic carbocycles. The third-order valence-corrected chi connectivity index (χ3v) is 6.15. The highest BCUT2D eigenvalue weighted by atomic mass is 32.2. The van der Waals surface area contributed by atoms with E-state index in [1.807, 2.05) is 0 Å². The molecule has 0 atom stereocenters. The largest absolute Gasteiger partial charge is 0.342 e. The number of thioether (sulfide) groups is 1. The first-order chi connectivity index (χ1) is 11.2. The van der Waals surface area contributed by atoms with Crippen molar-refractivity contribution in [2.45, 2.75) is 26.4 Å². The standard InChI is InChI=1S/C18H26N4S/c1-14-11-15-16-13-20(2)4-3-17(16)22(18(15)12-19-14)6-5-21-7-9-23-10-8-21/h11-12H,3-10,13H2,1-2H3. The average molecular weight is 331 g/mol. The van der Waals surface area contributed by atoms with Gasteiger partial charge in [-0.1, -0.05) is 0 Å². The summed E-state index contributed by atoms with van der Waals surface area (Å²) in [5.74, 6) is 2.58. The molecule has 124 valence electrons. The lowest BCUT2D eigenvalue weighted by atomic mass is 10.1. The molecule has 0 bridgehead atoms. The van der Waals surface area contributed by atoms with Crippen LogP contribution in [0.25, 0.3) is 10.9 Å². The monoisotopic (exact) mass is 330 g/mol. The van der Waals surface area contributed by atoms with Crippen LogP contribution >= 0.6 is 11.8 Å². The Bertz CT molecular complexity index is 703. The third kappa shape index (κ3) is 3.02. The molecule has 1 fully saturated rings. The van der Waals surface area contributed by atoms with E-state index in [0.717, 1.165) is 31.7 Å². The fourth-order valence-electron chi connectivity index (χ4n) is 3.90. The number of nitrogens with zero attached hydrogens (tertiary/aromatic N) is 4. The molecular weight excluding hydrogens is 304 g/mol. The van der Waals surface area contributed by atoms with Crippen molar-refractivity contribution in [3.63, 3.8) is 0 Å². The molecule has 0 amide bonds. The maximum Gasteiger partial charge on any atom is 0.0673 e. The zero-order valence-electron chi connectivity index (χ0n) is 14.2. The van der Waals surface area contributed by atoms with Gasteiger partial charge in [-0.25, -0.2) is 0 Å². The summed E-state index contributed by atoms with van der Waals surface area (Å²) in [6.07, 6.45) is 3.25. The number of hydrogen-bond acceptors (Lipinski definition) is 4. The SMILES string of the molecule is Cc1cc2c3c(n(CCN4CCSCC4)c2cn1)CCN(C)C3. The maximum atomic E-state index is 4.57. The fourth-order valence-corrected chi connectivity index (χ4v) is 4.88. The van der Waals surface area contributed by atoms with E-state index in [-0.39, 0.29) is 0 Å². The van der Waals surface area contributed by atoms with Gasteiger partial charge in [0, 0.05) is 74.0 Å². The summed E-state index contributed by atoms with van der Waals surface area (Å²) >= 11 is 2.09. The molecule has 0 spiro atoms. The van der Waals surface area contributed by atoms with E-state index in [2.05, 4.69) is 57.3 Å². The molecule has 0 radical (unpaired) electrons. The van der Waals surface area contributed by atoms with Gasteiger partial charge in [0.25, 0.3) is 0 Å². The van der Waals surface area contributed by atoms with Crippen LogP contribution in [0.4, 0.5) is 0 Å². The first-order valence-corrected chi connectivity index (χ1v) is 9.83. The van der Waals surface area contributed by atoms with Crippen molar-refractivity contribution in [1.29, 1.82) is 0 Å². The maximum absolute atomic E-state index is 4.57. The summed E-state index contributed by atoms with van der Waals surface area (Å²) in [5, 5.41) is 1.42. The molecule has 1 saturated heterocycles. The molecule has 0 N–H and O–H groups in total. The second kappa shape index (κ2) is 6.46. The van der Waals surface area contributed by atoms with Crippen LogP contribution in [-0.2, 0) is 19.5 Å². The normalized spacial score (nSPS) is 20.1. The number of rotatable bonds is 3. The van der Waals surface area contributed by atoms with Crippen LogP contribution in [0.15, 0.2) is 12.3 Å². The van der Waals surface area contributed by atoms with E-state index >= 15 is 0 Å². The van der Waals surface area contributed by atoms with Crippen LogP contribution < -0.4 is 0 Å². The topological polar surface area (TPSA) is 24.3 Å². The van der Waals surface area contributed by atoms with Crippen LogP contribution in [0.1, 0.15) is 17.0 Å². The van der Waals surface area contributed by atoms with Gasteiger partial charge >= 0.3 is 0 Å². The smallest absolute Gasteiger partial charge is 0.0673 e. The summed E-state index contributed by atoms with van der Waals surface area (Å²) in [6.45, 7) is 9.09. The van der Waals surface area contributed by atoms with E-state index in [9.17, 15) is 0 Å². The van der Waals surface area contributed by atoms with Gasteiger partial charge in [0.05, 0.1) is 11.7 Å². The van der Waals surface area contributed by atoms with E-state index in [0.29, 0.717) is 0 Å². The molecule has 4 heterocycles. The fraction of sp³-hybridized carbons (Fsp3) is 0.611. The molecule has 0 aliphatic carbocycles. The molecule has 2 aliphatic rings. The van der Waals surface area contributed by atoms with Crippen LogP contribution in [0, 0.1) is 6.92 Å². The number of hydrogen-bond donors (Lipinski definition) is 0. The van der Waals surface area contributed by atoms with Crippen molar-refractivity contribution >= 4 is 22.7 Å². The van der Waals surface area contributed by atoms with E-state index in [4.69, 9.17) is 0 Å².